The molecule has 0 saturated carbocycles. The molecule has 0 fully saturated rings. The van der Waals surface area contributed by atoms with Crippen LogP contribution in [0, 0.1) is 12.3 Å². The third kappa shape index (κ3) is 4.60. The Morgan fingerprint density at radius 2 is 1.88 bits per heavy atom. The van der Waals surface area contributed by atoms with Crippen LogP contribution < -0.4 is 9.52 Å². The van der Waals surface area contributed by atoms with Crippen LogP contribution in [-0.4, -0.2) is 18.9 Å². The highest BCUT2D eigenvalue weighted by molar-refractivity contribution is 7.92. The van der Waals surface area contributed by atoms with Crippen molar-refractivity contribution < 1.29 is 13.2 Å². The van der Waals surface area contributed by atoms with Crippen LogP contribution >= 0.6 is 22.9 Å². The third-order valence-electron chi connectivity index (χ3n) is 4.51. The zero-order valence-corrected chi connectivity index (χ0v) is 18.9. The Bertz CT molecular complexity index is 1530. The number of nitrogens with zero attached hydrogens (tertiary/aromatic N) is 2. The Morgan fingerprint density at radius 3 is 2.62 bits per heavy atom. The van der Waals surface area contributed by atoms with E-state index in [1.165, 1.54) is 29.5 Å². The predicted molar refractivity (Wildman–Crippen MR) is 127 cm³/mol. The second-order valence-corrected chi connectivity index (χ2v) is 9.83. The summed E-state index contributed by atoms with van der Waals surface area (Å²) in [6.45, 7) is 0.241. The molecule has 0 saturated heterocycles. The lowest BCUT2D eigenvalue weighted by Gasteiger charge is -2.08. The first kappa shape index (κ1) is 21.8. The summed E-state index contributed by atoms with van der Waals surface area (Å²) in [5.74, 6) is 2.05. The average Bonchev–Trinajstić information content (AvgIpc) is 3.10. The fourth-order valence-electron chi connectivity index (χ4n) is 3.06. The number of fused-ring (bicyclic) bond motifs is 1. The molecule has 6 nitrogen and oxygen atoms in total. The molecule has 32 heavy (non-hydrogen) atoms. The largest absolute Gasteiger partial charge is 0.305 e. The van der Waals surface area contributed by atoms with Crippen LogP contribution in [0.5, 0.6) is 0 Å². The van der Waals surface area contributed by atoms with Gasteiger partial charge in [0.05, 0.1) is 21.7 Å². The van der Waals surface area contributed by atoms with Crippen LogP contribution in [0.1, 0.15) is 10.4 Å². The molecule has 0 aliphatic rings. The lowest BCUT2D eigenvalue weighted by Crippen LogP contribution is -2.16. The fraction of sp³-hybridized carbons (Fsp3) is 0.0435. The van der Waals surface area contributed by atoms with E-state index in [1.807, 2.05) is 6.07 Å². The Hall–Kier alpha value is -3.38. The van der Waals surface area contributed by atoms with Crippen LogP contribution in [0.25, 0.3) is 10.2 Å². The number of terminal acetylenes is 1. The number of carbonyl (C=O) groups is 1. The smallest absolute Gasteiger partial charge is 0.279 e. The number of hydrogen-bond donors (Lipinski definition) is 1. The molecule has 9 heteroatoms. The minimum Gasteiger partial charge on any atom is -0.305 e. The van der Waals surface area contributed by atoms with E-state index < -0.39 is 15.9 Å². The number of sulfonamides is 1. The second kappa shape index (κ2) is 9.01. The van der Waals surface area contributed by atoms with Gasteiger partial charge in [0.25, 0.3) is 15.9 Å². The van der Waals surface area contributed by atoms with Crippen molar-refractivity contribution in [3.63, 3.8) is 0 Å². The number of thiazole rings is 1. The maximum Gasteiger partial charge on any atom is 0.279 e. The van der Waals surface area contributed by atoms with Gasteiger partial charge < -0.3 is 4.57 Å². The summed E-state index contributed by atoms with van der Waals surface area (Å²) in [5, 5.41) is 0.572. The predicted octanol–water partition coefficient (Wildman–Crippen LogP) is 4.53. The molecule has 0 unspecified atom stereocenters. The van der Waals surface area contributed by atoms with Crippen molar-refractivity contribution in [3.8, 4) is 12.3 Å². The van der Waals surface area contributed by atoms with E-state index >= 15 is 0 Å². The number of anilines is 1. The number of aromatic nitrogens is 1. The minimum atomic E-state index is -3.78. The molecule has 0 atom stereocenters. The Morgan fingerprint density at radius 1 is 1.09 bits per heavy atom. The Labute approximate surface area is 193 Å². The third-order valence-corrected chi connectivity index (χ3v) is 7.18. The van der Waals surface area contributed by atoms with Gasteiger partial charge in [-0.3, -0.25) is 9.52 Å². The van der Waals surface area contributed by atoms with Crippen molar-refractivity contribution in [3.05, 3.63) is 88.2 Å². The molecule has 4 aromatic rings. The van der Waals surface area contributed by atoms with Crippen molar-refractivity contribution in [2.75, 3.05) is 4.72 Å². The second-order valence-electron chi connectivity index (χ2n) is 6.70. The molecule has 1 amide bonds. The summed E-state index contributed by atoms with van der Waals surface area (Å²) in [4.78, 5) is 17.7. The molecule has 160 valence electrons. The summed E-state index contributed by atoms with van der Waals surface area (Å²) in [5.41, 5.74) is 1.32. The number of rotatable bonds is 5. The molecular formula is C23H16ClN3O3S2. The van der Waals surface area contributed by atoms with E-state index in [1.54, 1.807) is 53.1 Å². The molecule has 4 rings (SSSR count). The van der Waals surface area contributed by atoms with Crippen molar-refractivity contribution >= 4 is 54.8 Å². The van der Waals surface area contributed by atoms with E-state index in [4.69, 9.17) is 18.0 Å². The zero-order chi connectivity index (χ0) is 22.7. The normalized spacial score (nSPS) is 11.9. The summed E-state index contributed by atoms with van der Waals surface area (Å²) < 4.78 is 30.2. The minimum absolute atomic E-state index is 0.126. The lowest BCUT2D eigenvalue weighted by molar-refractivity contribution is 0.0998. The Balaban J connectivity index is 1.69. The van der Waals surface area contributed by atoms with Gasteiger partial charge in [-0.05, 0) is 48.5 Å². The highest BCUT2D eigenvalue weighted by Crippen LogP contribution is 2.22. The Kier molecular flexibility index (Phi) is 6.15. The van der Waals surface area contributed by atoms with Gasteiger partial charge in [-0.25, -0.2) is 8.42 Å². The van der Waals surface area contributed by atoms with E-state index in [2.05, 4.69) is 15.6 Å². The van der Waals surface area contributed by atoms with E-state index in [9.17, 15) is 13.2 Å². The van der Waals surface area contributed by atoms with Crippen LogP contribution in [0.15, 0.2) is 82.7 Å². The van der Waals surface area contributed by atoms with E-state index in [-0.39, 0.29) is 22.7 Å². The number of carbonyl (C=O) groups excluding carboxylic acids is 1. The van der Waals surface area contributed by atoms with Gasteiger partial charge in [-0.15, -0.1) is 6.42 Å². The fourth-order valence-corrected chi connectivity index (χ4v) is 5.43. The highest BCUT2D eigenvalue weighted by Gasteiger charge is 2.15. The van der Waals surface area contributed by atoms with Gasteiger partial charge in [0.2, 0.25) is 0 Å². The number of amides is 1. The SMILES string of the molecule is C#CCn1c(=NC(=O)c2cccc(NS(=O)(=O)c3ccccc3)c2)sc2cc(Cl)ccc21. The number of nitrogens with one attached hydrogen (secondary N) is 1. The molecule has 1 aromatic heterocycles. The zero-order valence-electron chi connectivity index (χ0n) is 16.5. The first-order chi connectivity index (χ1) is 15.4. The van der Waals surface area contributed by atoms with Gasteiger partial charge >= 0.3 is 0 Å². The van der Waals surface area contributed by atoms with Crippen molar-refractivity contribution in [1.82, 2.24) is 4.57 Å². The summed E-state index contributed by atoms with van der Waals surface area (Å²) in [6.07, 6.45) is 5.49. The molecule has 0 aliphatic carbocycles. The molecule has 0 spiro atoms. The van der Waals surface area contributed by atoms with Crippen molar-refractivity contribution in [1.29, 1.82) is 0 Å². The summed E-state index contributed by atoms with van der Waals surface area (Å²) in [7, 11) is -3.78. The molecule has 0 aliphatic heterocycles. The monoisotopic (exact) mass is 481 g/mol. The van der Waals surface area contributed by atoms with Gasteiger partial charge in [0.1, 0.15) is 0 Å². The van der Waals surface area contributed by atoms with Crippen LogP contribution in [0.4, 0.5) is 5.69 Å². The molecular weight excluding hydrogens is 466 g/mol. The van der Waals surface area contributed by atoms with Gasteiger partial charge in [-0.1, -0.05) is 53.1 Å². The first-order valence-electron chi connectivity index (χ1n) is 9.37. The van der Waals surface area contributed by atoms with E-state index in [0.717, 1.165) is 10.2 Å². The maximum atomic E-state index is 12.9. The quantitative estimate of drug-likeness (QED) is 0.425. The standard InChI is InChI=1S/C23H16ClN3O3S2/c1-2-13-27-20-12-11-17(24)15-21(20)31-23(27)25-22(28)16-7-6-8-18(14-16)26-32(29,30)19-9-4-3-5-10-19/h1,3-12,14-15,26H,13H2. The summed E-state index contributed by atoms with van der Waals surface area (Å²) in [6, 6.07) is 19.5. The van der Waals surface area contributed by atoms with E-state index in [0.29, 0.717) is 9.82 Å². The first-order valence-corrected chi connectivity index (χ1v) is 12.0. The molecule has 1 N–H and O–H groups in total. The average molecular weight is 482 g/mol. The topological polar surface area (TPSA) is 80.5 Å². The van der Waals surface area contributed by atoms with Gasteiger partial charge in [0, 0.05) is 16.3 Å². The molecule has 1 heterocycles. The molecule has 0 radical (unpaired) electrons. The lowest BCUT2D eigenvalue weighted by atomic mass is 10.2. The number of halogens is 1. The number of benzene rings is 3. The van der Waals surface area contributed by atoms with Crippen LogP contribution in [0.3, 0.4) is 0 Å². The van der Waals surface area contributed by atoms with Crippen LogP contribution in [0.2, 0.25) is 5.02 Å². The van der Waals surface area contributed by atoms with Gasteiger partial charge in [-0.2, -0.15) is 4.99 Å². The number of hydrogen-bond acceptors (Lipinski definition) is 4. The van der Waals surface area contributed by atoms with Crippen molar-refractivity contribution in [2.45, 2.75) is 11.4 Å². The summed E-state index contributed by atoms with van der Waals surface area (Å²) >= 11 is 7.37. The molecule has 0 bridgehead atoms. The maximum absolute atomic E-state index is 12.9. The van der Waals surface area contributed by atoms with Crippen LogP contribution in [-0.2, 0) is 16.6 Å². The van der Waals surface area contributed by atoms with Gasteiger partial charge in [0.15, 0.2) is 4.80 Å². The van der Waals surface area contributed by atoms with Crippen molar-refractivity contribution in [2.24, 2.45) is 4.99 Å². The molecule has 3 aromatic carbocycles. The highest BCUT2D eigenvalue weighted by atomic mass is 35.5.